The number of hydrogen-bond donors (Lipinski definition) is 1. The first-order valence-electron chi connectivity index (χ1n) is 13.1. The van der Waals surface area contributed by atoms with Crippen molar-refractivity contribution in [3.05, 3.63) is 95.0 Å². The summed E-state index contributed by atoms with van der Waals surface area (Å²) in [6.45, 7) is 7.38. The van der Waals surface area contributed by atoms with Crippen LogP contribution >= 0.6 is 11.6 Å². The van der Waals surface area contributed by atoms with Crippen LogP contribution in [0.4, 0.5) is 5.69 Å². The van der Waals surface area contributed by atoms with Gasteiger partial charge in [0.25, 0.3) is 10.0 Å². The minimum atomic E-state index is -4.13. The highest BCUT2D eigenvalue weighted by Crippen LogP contribution is 2.25. The van der Waals surface area contributed by atoms with Crippen molar-refractivity contribution in [2.45, 2.75) is 64.1 Å². The maximum atomic E-state index is 14.0. The molecular weight excluding hydrogens is 534 g/mol. The van der Waals surface area contributed by atoms with Crippen LogP contribution in [0.2, 0.25) is 5.02 Å². The molecule has 0 spiro atoms. The van der Waals surface area contributed by atoms with Crippen molar-refractivity contribution in [1.82, 2.24) is 10.2 Å². The fraction of sp³-hybridized carbons (Fsp3) is 0.333. The highest BCUT2D eigenvalue weighted by Gasteiger charge is 2.33. The fourth-order valence-electron chi connectivity index (χ4n) is 4.11. The number of halogens is 1. The molecule has 208 valence electrons. The van der Waals surface area contributed by atoms with E-state index >= 15 is 0 Å². The maximum absolute atomic E-state index is 14.0. The normalized spacial score (nSPS) is 12.8. The van der Waals surface area contributed by atoms with Crippen molar-refractivity contribution in [3.63, 3.8) is 0 Å². The molecule has 9 heteroatoms. The van der Waals surface area contributed by atoms with Gasteiger partial charge in [-0.3, -0.25) is 13.9 Å². The molecule has 0 fully saturated rings. The zero-order chi connectivity index (χ0) is 28.6. The van der Waals surface area contributed by atoms with Crippen molar-refractivity contribution in [3.8, 4) is 0 Å². The Balaban J connectivity index is 2.02. The molecule has 1 N–H and O–H groups in total. The lowest BCUT2D eigenvalue weighted by molar-refractivity contribution is -0.140. The van der Waals surface area contributed by atoms with Crippen LogP contribution in [0.1, 0.15) is 44.7 Å². The Kier molecular flexibility index (Phi) is 10.5. The summed E-state index contributed by atoms with van der Waals surface area (Å²) in [7, 11) is -4.13. The van der Waals surface area contributed by atoms with E-state index in [1.54, 1.807) is 30.3 Å². The lowest BCUT2D eigenvalue weighted by Crippen LogP contribution is -2.53. The summed E-state index contributed by atoms with van der Waals surface area (Å²) >= 11 is 5.99. The van der Waals surface area contributed by atoms with E-state index in [4.69, 9.17) is 11.6 Å². The number of aryl methyl sites for hydroxylation is 1. The largest absolute Gasteiger partial charge is 0.352 e. The van der Waals surface area contributed by atoms with Gasteiger partial charge in [-0.1, -0.05) is 73.5 Å². The molecular formula is C30H36ClN3O4S. The Hall–Kier alpha value is -3.36. The highest BCUT2D eigenvalue weighted by molar-refractivity contribution is 7.92. The fourth-order valence-corrected chi connectivity index (χ4v) is 5.65. The van der Waals surface area contributed by atoms with E-state index in [-0.39, 0.29) is 23.4 Å². The minimum Gasteiger partial charge on any atom is -0.352 e. The van der Waals surface area contributed by atoms with Crippen LogP contribution in [-0.2, 0) is 26.2 Å². The summed E-state index contributed by atoms with van der Waals surface area (Å²) in [6.07, 6.45) is 1.12. The zero-order valence-electron chi connectivity index (χ0n) is 22.8. The van der Waals surface area contributed by atoms with Gasteiger partial charge in [0, 0.05) is 17.6 Å². The molecule has 0 saturated carbocycles. The second kappa shape index (κ2) is 13.6. The number of para-hydroxylation sites is 1. The number of carbonyl (C=O) groups excluding carboxylic acids is 2. The second-order valence-corrected chi connectivity index (χ2v) is 11.8. The Bertz CT molecular complexity index is 1350. The van der Waals surface area contributed by atoms with Crippen molar-refractivity contribution >= 4 is 39.1 Å². The predicted octanol–water partition coefficient (Wildman–Crippen LogP) is 5.57. The second-order valence-electron chi connectivity index (χ2n) is 9.55. The van der Waals surface area contributed by atoms with Crippen LogP contribution in [0.5, 0.6) is 0 Å². The molecule has 3 aromatic rings. The van der Waals surface area contributed by atoms with Crippen LogP contribution in [0.3, 0.4) is 0 Å². The van der Waals surface area contributed by atoms with Crippen molar-refractivity contribution in [2.75, 3.05) is 10.8 Å². The SMILES string of the molecule is CC[C@H](C)NC(=O)[C@H](CC)N(Cc1ccc(C)cc1)C(=O)CN(c1ccccc1)S(=O)(=O)c1ccc(Cl)cc1. The van der Waals surface area contributed by atoms with E-state index < -0.39 is 28.5 Å². The van der Waals surface area contributed by atoms with E-state index in [1.165, 1.54) is 29.2 Å². The van der Waals surface area contributed by atoms with Gasteiger partial charge in [-0.15, -0.1) is 0 Å². The summed E-state index contributed by atoms with van der Waals surface area (Å²) in [6, 6.07) is 21.2. The van der Waals surface area contributed by atoms with E-state index in [1.807, 2.05) is 52.0 Å². The Morgan fingerprint density at radius 3 is 2.08 bits per heavy atom. The van der Waals surface area contributed by atoms with Gasteiger partial charge in [-0.05, 0) is 68.7 Å². The third-order valence-electron chi connectivity index (χ3n) is 6.59. The van der Waals surface area contributed by atoms with Gasteiger partial charge in [-0.25, -0.2) is 8.42 Å². The lowest BCUT2D eigenvalue weighted by atomic mass is 10.1. The van der Waals surface area contributed by atoms with Crippen molar-refractivity contribution in [2.24, 2.45) is 0 Å². The molecule has 0 aromatic heterocycles. The summed E-state index contributed by atoms with van der Waals surface area (Å²) < 4.78 is 28.7. The summed E-state index contributed by atoms with van der Waals surface area (Å²) in [4.78, 5) is 28.8. The summed E-state index contributed by atoms with van der Waals surface area (Å²) in [5, 5.41) is 3.38. The molecule has 39 heavy (non-hydrogen) atoms. The minimum absolute atomic E-state index is 0.00944. The summed E-state index contributed by atoms with van der Waals surface area (Å²) in [5.41, 5.74) is 2.26. The molecule has 2 amide bonds. The number of rotatable bonds is 12. The van der Waals surface area contributed by atoms with Crippen LogP contribution in [-0.4, -0.2) is 43.8 Å². The average molecular weight is 570 g/mol. The first kappa shape index (κ1) is 30.2. The van der Waals surface area contributed by atoms with Crippen LogP contribution in [0, 0.1) is 6.92 Å². The topological polar surface area (TPSA) is 86.8 Å². The standard InChI is InChI=1S/C30H36ClN3O4S/c1-5-23(4)32-30(36)28(6-2)33(20-24-14-12-22(3)13-15-24)29(35)21-34(26-10-8-7-9-11-26)39(37,38)27-18-16-25(31)17-19-27/h7-19,23,28H,5-6,20-21H2,1-4H3,(H,32,36)/t23-,28-/m0/s1. The molecule has 0 heterocycles. The predicted molar refractivity (Wildman–Crippen MR) is 156 cm³/mol. The monoisotopic (exact) mass is 569 g/mol. The number of carbonyl (C=O) groups is 2. The van der Waals surface area contributed by atoms with Gasteiger partial charge in [0.1, 0.15) is 12.6 Å². The quantitative estimate of drug-likeness (QED) is 0.309. The number of hydrogen-bond acceptors (Lipinski definition) is 4. The molecule has 0 aliphatic heterocycles. The molecule has 2 atom stereocenters. The number of nitrogens with one attached hydrogen (secondary N) is 1. The molecule has 0 aliphatic carbocycles. The van der Waals surface area contributed by atoms with Gasteiger partial charge in [0.05, 0.1) is 10.6 Å². The summed E-state index contributed by atoms with van der Waals surface area (Å²) in [5.74, 6) is -0.748. The molecule has 0 saturated heterocycles. The molecule has 3 rings (SSSR count). The van der Waals surface area contributed by atoms with E-state index in [0.29, 0.717) is 17.1 Å². The molecule has 7 nitrogen and oxygen atoms in total. The van der Waals surface area contributed by atoms with Gasteiger partial charge in [0.2, 0.25) is 11.8 Å². The first-order valence-corrected chi connectivity index (χ1v) is 14.9. The molecule has 3 aromatic carbocycles. The smallest absolute Gasteiger partial charge is 0.264 e. The Morgan fingerprint density at radius 2 is 1.51 bits per heavy atom. The van der Waals surface area contributed by atoms with Gasteiger partial charge in [-0.2, -0.15) is 0 Å². The van der Waals surface area contributed by atoms with Gasteiger partial charge >= 0.3 is 0 Å². The maximum Gasteiger partial charge on any atom is 0.264 e. The van der Waals surface area contributed by atoms with E-state index in [2.05, 4.69) is 5.32 Å². The van der Waals surface area contributed by atoms with E-state index in [0.717, 1.165) is 21.9 Å². The molecule has 0 aliphatic rings. The first-order chi connectivity index (χ1) is 18.6. The van der Waals surface area contributed by atoms with Crippen LogP contribution in [0.25, 0.3) is 0 Å². The molecule has 0 bridgehead atoms. The van der Waals surface area contributed by atoms with E-state index in [9.17, 15) is 18.0 Å². The Labute approximate surface area is 236 Å². The molecule has 0 unspecified atom stereocenters. The average Bonchev–Trinajstić information content (AvgIpc) is 2.93. The third-order valence-corrected chi connectivity index (χ3v) is 8.63. The number of sulfonamides is 1. The molecule has 0 radical (unpaired) electrons. The number of benzene rings is 3. The number of anilines is 1. The van der Waals surface area contributed by atoms with Gasteiger partial charge in [0.15, 0.2) is 0 Å². The Morgan fingerprint density at radius 1 is 0.897 bits per heavy atom. The zero-order valence-corrected chi connectivity index (χ0v) is 24.4. The third kappa shape index (κ3) is 7.83. The van der Waals surface area contributed by atoms with Crippen molar-refractivity contribution in [1.29, 1.82) is 0 Å². The highest BCUT2D eigenvalue weighted by atomic mass is 35.5. The van der Waals surface area contributed by atoms with Crippen LogP contribution < -0.4 is 9.62 Å². The number of amides is 2. The lowest BCUT2D eigenvalue weighted by Gasteiger charge is -2.33. The number of nitrogens with zero attached hydrogens (tertiary/aromatic N) is 2. The van der Waals surface area contributed by atoms with Crippen molar-refractivity contribution < 1.29 is 18.0 Å². The van der Waals surface area contributed by atoms with Crippen LogP contribution in [0.15, 0.2) is 83.8 Å². The van der Waals surface area contributed by atoms with Gasteiger partial charge < -0.3 is 10.2 Å².